The summed E-state index contributed by atoms with van der Waals surface area (Å²) in [6.45, 7) is 1.65. The summed E-state index contributed by atoms with van der Waals surface area (Å²) in [6.07, 6.45) is 3.09. The Kier molecular flexibility index (Phi) is 7.85. The van der Waals surface area contributed by atoms with E-state index in [1.165, 1.54) is 31.4 Å². The average molecular weight is 440 g/mol. The van der Waals surface area contributed by atoms with Crippen molar-refractivity contribution < 1.29 is 27.9 Å². The van der Waals surface area contributed by atoms with Crippen LogP contribution in [0.25, 0.3) is 0 Å². The number of hydrogen-bond donors (Lipinski definition) is 2. The van der Waals surface area contributed by atoms with Gasteiger partial charge in [-0.3, -0.25) is 9.59 Å². The summed E-state index contributed by atoms with van der Waals surface area (Å²) in [5.41, 5.74) is 0.870. The summed E-state index contributed by atoms with van der Waals surface area (Å²) >= 11 is 0. The summed E-state index contributed by atoms with van der Waals surface area (Å²) in [6, 6.07) is 13.8. The number of carbonyl (C=O) groups excluding carboxylic acids is 2. The zero-order chi connectivity index (χ0) is 22.9. The topological polar surface area (TPSA) is 89.8 Å². The van der Waals surface area contributed by atoms with E-state index in [0.29, 0.717) is 22.7 Å². The van der Waals surface area contributed by atoms with Crippen molar-refractivity contribution >= 4 is 17.5 Å². The minimum absolute atomic E-state index is 0.0512. The lowest BCUT2D eigenvalue weighted by Gasteiger charge is -2.15. The smallest absolute Gasteiger partial charge is 0.262 e. The fourth-order valence-corrected chi connectivity index (χ4v) is 2.99. The van der Waals surface area contributed by atoms with Crippen molar-refractivity contribution in [2.75, 3.05) is 19.0 Å². The second kappa shape index (κ2) is 11.0. The van der Waals surface area contributed by atoms with Gasteiger partial charge in [0.15, 0.2) is 18.1 Å². The summed E-state index contributed by atoms with van der Waals surface area (Å²) in [7, 11) is 1.45. The Hall–Kier alpha value is -3.81. The molecule has 168 valence electrons. The Bertz CT molecular complexity index is 1040. The Morgan fingerprint density at radius 3 is 2.56 bits per heavy atom. The Labute approximate surface area is 185 Å². The van der Waals surface area contributed by atoms with Crippen LogP contribution in [0.3, 0.4) is 0 Å². The number of benzene rings is 2. The first-order chi connectivity index (χ1) is 15.4. The van der Waals surface area contributed by atoms with E-state index in [9.17, 15) is 14.0 Å². The van der Waals surface area contributed by atoms with Gasteiger partial charge in [-0.2, -0.15) is 0 Å². The average Bonchev–Trinajstić information content (AvgIpc) is 3.31. The van der Waals surface area contributed by atoms with Crippen LogP contribution in [0.15, 0.2) is 65.3 Å². The number of methoxy groups -OCH3 is 1. The van der Waals surface area contributed by atoms with Crippen molar-refractivity contribution in [2.24, 2.45) is 0 Å². The maximum Gasteiger partial charge on any atom is 0.262 e. The summed E-state index contributed by atoms with van der Waals surface area (Å²) in [5.74, 6) is 0.485. The zero-order valence-electron chi connectivity index (χ0n) is 17.9. The quantitative estimate of drug-likeness (QED) is 0.493. The van der Waals surface area contributed by atoms with Gasteiger partial charge in [0.25, 0.3) is 11.8 Å². The summed E-state index contributed by atoms with van der Waals surface area (Å²) in [5, 5.41) is 5.55. The van der Waals surface area contributed by atoms with Gasteiger partial charge in [-0.05, 0) is 67.9 Å². The predicted molar refractivity (Wildman–Crippen MR) is 117 cm³/mol. The van der Waals surface area contributed by atoms with Crippen LogP contribution in [0.4, 0.5) is 10.1 Å². The fourth-order valence-electron chi connectivity index (χ4n) is 2.99. The van der Waals surface area contributed by atoms with E-state index >= 15 is 0 Å². The molecule has 3 aromatic rings. The molecule has 0 fully saturated rings. The van der Waals surface area contributed by atoms with Crippen molar-refractivity contribution in [1.82, 2.24) is 5.32 Å². The van der Waals surface area contributed by atoms with Gasteiger partial charge < -0.3 is 24.5 Å². The normalized spacial score (nSPS) is 11.5. The Morgan fingerprint density at radius 2 is 1.88 bits per heavy atom. The van der Waals surface area contributed by atoms with Crippen molar-refractivity contribution in [3.63, 3.8) is 0 Å². The van der Waals surface area contributed by atoms with Crippen LogP contribution < -0.4 is 20.1 Å². The number of amides is 2. The molecule has 0 bridgehead atoms. The molecule has 32 heavy (non-hydrogen) atoms. The van der Waals surface area contributed by atoms with Crippen LogP contribution in [0.5, 0.6) is 11.5 Å². The molecule has 1 atom stereocenters. The molecule has 0 aliphatic heterocycles. The number of hydrogen-bond acceptors (Lipinski definition) is 5. The fraction of sp³-hybridized carbons (Fsp3) is 0.250. The lowest BCUT2D eigenvalue weighted by atomic mass is 10.1. The number of halogens is 1. The van der Waals surface area contributed by atoms with E-state index in [0.717, 1.165) is 18.6 Å². The van der Waals surface area contributed by atoms with Gasteiger partial charge in [0, 0.05) is 23.7 Å². The molecular weight excluding hydrogens is 415 g/mol. The third-order valence-electron chi connectivity index (χ3n) is 4.69. The molecule has 2 N–H and O–H groups in total. The van der Waals surface area contributed by atoms with Gasteiger partial charge in [0.1, 0.15) is 11.6 Å². The number of aryl methyl sites for hydroxylation is 1. The van der Waals surface area contributed by atoms with Crippen LogP contribution in [0.1, 0.15) is 29.5 Å². The molecule has 8 heteroatoms. The molecule has 7 nitrogen and oxygen atoms in total. The molecule has 0 saturated heterocycles. The highest BCUT2D eigenvalue weighted by molar-refractivity contribution is 5.95. The first-order valence-corrected chi connectivity index (χ1v) is 10.1. The third-order valence-corrected chi connectivity index (χ3v) is 4.69. The molecule has 3 rings (SSSR count). The lowest BCUT2D eigenvalue weighted by molar-refractivity contribution is -0.118. The van der Waals surface area contributed by atoms with Gasteiger partial charge in [-0.15, -0.1) is 0 Å². The highest BCUT2D eigenvalue weighted by atomic mass is 19.1. The molecule has 1 aromatic heterocycles. The predicted octanol–water partition coefficient (Wildman–Crippen LogP) is 4.20. The van der Waals surface area contributed by atoms with E-state index in [1.807, 2.05) is 19.1 Å². The molecular formula is C24H25FN2O5. The van der Waals surface area contributed by atoms with E-state index in [1.54, 1.807) is 24.5 Å². The van der Waals surface area contributed by atoms with Crippen LogP contribution in [0, 0.1) is 5.82 Å². The van der Waals surface area contributed by atoms with Gasteiger partial charge in [-0.25, -0.2) is 4.39 Å². The monoisotopic (exact) mass is 440 g/mol. The molecule has 1 unspecified atom stereocenters. The molecule has 1 heterocycles. The second-order valence-corrected chi connectivity index (χ2v) is 7.20. The highest BCUT2D eigenvalue weighted by Gasteiger charge is 2.15. The van der Waals surface area contributed by atoms with Gasteiger partial charge >= 0.3 is 0 Å². The van der Waals surface area contributed by atoms with Crippen molar-refractivity contribution in [2.45, 2.75) is 25.8 Å². The molecule has 0 spiro atoms. The maximum atomic E-state index is 12.9. The molecule has 0 saturated carbocycles. The Balaban J connectivity index is 1.53. The highest BCUT2D eigenvalue weighted by Crippen LogP contribution is 2.28. The molecule has 0 radical (unpaired) electrons. The van der Waals surface area contributed by atoms with Gasteiger partial charge in [0.05, 0.1) is 13.4 Å². The largest absolute Gasteiger partial charge is 0.493 e. The minimum atomic E-state index is -0.411. The molecule has 2 aromatic carbocycles. The number of rotatable bonds is 10. The number of furan rings is 1. The minimum Gasteiger partial charge on any atom is -0.493 e. The number of ether oxygens (including phenoxy) is 2. The van der Waals surface area contributed by atoms with Crippen molar-refractivity contribution in [3.05, 3.63) is 78.0 Å². The van der Waals surface area contributed by atoms with Gasteiger partial charge in [0.2, 0.25) is 0 Å². The van der Waals surface area contributed by atoms with Gasteiger partial charge in [-0.1, -0.05) is 0 Å². The van der Waals surface area contributed by atoms with Crippen LogP contribution >= 0.6 is 0 Å². The van der Waals surface area contributed by atoms with E-state index in [4.69, 9.17) is 13.9 Å². The standard InChI is InChI=1S/C24H25FN2O5/c1-16(5-11-20-4-3-13-31-20)26-24(29)17-6-12-21(22(14-17)30-2)32-15-23(28)27-19-9-7-18(25)8-10-19/h3-4,6-10,12-14,16H,5,11,15H2,1-2H3,(H,26,29)(H,27,28). The molecule has 0 aliphatic carbocycles. The Morgan fingerprint density at radius 1 is 1.09 bits per heavy atom. The first-order valence-electron chi connectivity index (χ1n) is 10.1. The lowest BCUT2D eigenvalue weighted by Crippen LogP contribution is -2.32. The second-order valence-electron chi connectivity index (χ2n) is 7.20. The number of anilines is 1. The number of nitrogens with one attached hydrogen (secondary N) is 2. The van der Waals surface area contributed by atoms with Crippen LogP contribution in [-0.2, 0) is 11.2 Å². The third kappa shape index (κ3) is 6.60. The van der Waals surface area contributed by atoms with Crippen LogP contribution in [-0.4, -0.2) is 31.6 Å². The van der Waals surface area contributed by atoms with E-state index < -0.39 is 5.91 Å². The van der Waals surface area contributed by atoms with Crippen molar-refractivity contribution in [3.8, 4) is 11.5 Å². The maximum absolute atomic E-state index is 12.9. The van der Waals surface area contributed by atoms with E-state index in [2.05, 4.69) is 10.6 Å². The van der Waals surface area contributed by atoms with Crippen molar-refractivity contribution in [1.29, 1.82) is 0 Å². The molecule has 0 aliphatic rings. The zero-order valence-corrected chi connectivity index (χ0v) is 17.9. The summed E-state index contributed by atoms with van der Waals surface area (Å²) < 4.78 is 29.1. The SMILES string of the molecule is COc1cc(C(=O)NC(C)CCc2ccco2)ccc1OCC(=O)Nc1ccc(F)cc1. The van der Waals surface area contributed by atoms with Crippen LogP contribution in [0.2, 0.25) is 0 Å². The van der Waals surface area contributed by atoms with E-state index in [-0.39, 0.29) is 24.4 Å². The summed E-state index contributed by atoms with van der Waals surface area (Å²) in [4.78, 5) is 24.6. The molecule has 2 amide bonds. The first kappa shape index (κ1) is 22.9. The number of carbonyl (C=O) groups is 2.